The highest BCUT2D eigenvalue weighted by atomic mass is 16.5. The number of carbonyl (C=O) groups excluding carboxylic acids is 1. The number of nitrogens with zero attached hydrogens (tertiary/aromatic N) is 5. The van der Waals surface area contributed by atoms with E-state index in [0.29, 0.717) is 0 Å². The van der Waals surface area contributed by atoms with Gasteiger partial charge in [0.2, 0.25) is 5.91 Å². The molecule has 7 nitrogen and oxygen atoms in total. The highest BCUT2D eigenvalue weighted by molar-refractivity contribution is 5.80. The fourth-order valence-electron chi connectivity index (χ4n) is 3.48. The Kier molecular flexibility index (Phi) is 4.94. The highest BCUT2D eigenvalue weighted by Crippen LogP contribution is 2.18. The molecule has 0 saturated carbocycles. The lowest BCUT2D eigenvalue weighted by molar-refractivity contribution is -0.136. The SMILES string of the molecule is Cc1cc(C)n([C@H](C)C(=O)N2CCN(Cc3c(C)noc3C)CC2)n1. The van der Waals surface area contributed by atoms with Crippen LogP contribution >= 0.6 is 0 Å². The maximum absolute atomic E-state index is 12.8. The van der Waals surface area contributed by atoms with E-state index in [9.17, 15) is 4.79 Å². The van der Waals surface area contributed by atoms with Crippen LogP contribution in [0.1, 0.15) is 41.4 Å². The Bertz CT molecular complexity index is 736. The third kappa shape index (κ3) is 3.61. The molecule has 136 valence electrons. The lowest BCUT2D eigenvalue weighted by Gasteiger charge is -2.36. The van der Waals surface area contributed by atoms with Crippen molar-refractivity contribution in [3.8, 4) is 0 Å². The number of hydrogen-bond donors (Lipinski definition) is 0. The molecule has 1 atom stereocenters. The van der Waals surface area contributed by atoms with Gasteiger partial charge >= 0.3 is 0 Å². The number of aryl methyl sites for hydroxylation is 4. The van der Waals surface area contributed by atoms with E-state index in [-0.39, 0.29) is 11.9 Å². The minimum Gasteiger partial charge on any atom is -0.361 e. The molecule has 1 aliphatic rings. The van der Waals surface area contributed by atoms with Gasteiger partial charge in [0, 0.05) is 44.0 Å². The fourth-order valence-corrected chi connectivity index (χ4v) is 3.48. The van der Waals surface area contributed by atoms with Gasteiger partial charge in [-0.1, -0.05) is 5.16 Å². The van der Waals surface area contributed by atoms with Crippen LogP contribution in [-0.4, -0.2) is 56.8 Å². The van der Waals surface area contributed by atoms with E-state index in [2.05, 4.69) is 15.2 Å². The standard InChI is InChI=1S/C18H27N5O2/c1-12-10-13(2)23(19-12)15(4)18(24)22-8-6-21(7-9-22)11-17-14(3)20-25-16(17)5/h10,15H,6-9,11H2,1-5H3/t15-/m1/s1. The highest BCUT2D eigenvalue weighted by Gasteiger charge is 2.27. The van der Waals surface area contributed by atoms with E-state index in [1.807, 2.05) is 50.3 Å². The summed E-state index contributed by atoms with van der Waals surface area (Å²) in [4.78, 5) is 17.1. The third-order valence-electron chi connectivity index (χ3n) is 5.02. The lowest BCUT2D eigenvalue weighted by atomic mass is 10.1. The van der Waals surface area contributed by atoms with Crippen molar-refractivity contribution in [1.29, 1.82) is 0 Å². The van der Waals surface area contributed by atoms with E-state index in [4.69, 9.17) is 4.52 Å². The summed E-state index contributed by atoms with van der Waals surface area (Å²) in [5.74, 6) is 1.03. The Morgan fingerprint density at radius 1 is 1.20 bits per heavy atom. The smallest absolute Gasteiger partial charge is 0.247 e. The third-order valence-corrected chi connectivity index (χ3v) is 5.02. The summed E-state index contributed by atoms with van der Waals surface area (Å²) in [6.07, 6.45) is 0. The maximum atomic E-state index is 12.8. The molecule has 7 heteroatoms. The zero-order valence-electron chi connectivity index (χ0n) is 15.7. The average Bonchev–Trinajstić information content (AvgIpc) is 3.09. The van der Waals surface area contributed by atoms with E-state index in [0.717, 1.165) is 61.1 Å². The van der Waals surface area contributed by atoms with Crippen LogP contribution in [0.3, 0.4) is 0 Å². The zero-order chi connectivity index (χ0) is 18.1. The molecule has 0 unspecified atom stereocenters. The van der Waals surface area contributed by atoms with Crippen molar-refractivity contribution < 1.29 is 9.32 Å². The number of piperazine rings is 1. The van der Waals surface area contributed by atoms with Crippen LogP contribution in [0.15, 0.2) is 10.6 Å². The first-order valence-corrected chi connectivity index (χ1v) is 8.82. The molecule has 1 amide bonds. The van der Waals surface area contributed by atoms with Crippen LogP contribution in [0.5, 0.6) is 0 Å². The van der Waals surface area contributed by atoms with Crippen LogP contribution in [0.25, 0.3) is 0 Å². The molecule has 0 spiro atoms. The summed E-state index contributed by atoms with van der Waals surface area (Å²) < 4.78 is 7.07. The van der Waals surface area contributed by atoms with Gasteiger partial charge in [-0.2, -0.15) is 5.10 Å². The molecule has 3 rings (SSSR count). The quantitative estimate of drug-likeness (QED) is 0.848. The van der Waals surface area contributed by atoms with Crippen LogP contribution in [0, 0.1) is 27.7 Å². The Morgan fingerprint density at radius 3 is 2.40 bits per heavy atom. The topological polar surface area (TPSA) is 67.4 Å². The van der Waals surface area contributed by atoms with Crippen molar-refractivity contribution in [3.05, 3.63) is 34.5 Å². The summed E-state index contributed by atoms with van der Waals surface area (Å²) >= 11 is 0. The van der Waals surface area contributed by atoms with Crippen molar-refractivity contribution in [2.24, 2.45) is 0 Å². The number of aromatic nitrogens is 3. The minimum atomic E-state index is -0.261. The summed E-state index contributed by atoms with van der Waals surface area (Å²) in [7, 11) is 0. The predicted molar refractivity (Wildman–Crippen MR) is 94.2 cm³/mol. The molecule has 0 radical (unpaired) electrons. The first-order valence-electron chi connectivity index (χ1n) is 8.82. The average molecular weight is 345 g/mol. The van der Waals surface area contributed by atoms with Crippen molar-refractivity contribution in [1.82, 2.24) is 24.7 Å². The Hall–Kier alpha value is -2.15. The summed E-state index contributed by atoms with van der Waals surface area (Å²) in [6.45, 7) is 13.8. The van der Waals surface area contributed by atoms with Gasteiger partial charge in [-0.05, 0) is 40.7 Å². The molecule has 1 fully saturated rings. The Balaban J connectivity index is 1.58. The van der Waals surface area contributed by atoms with Crippen LogP contribution < -0.4 is 0 Å². The summed E-state index contributed by atoms with van der Waals surface area (Å²) in [5.41, 5.74) is 4.08. The number of hydrogen-bond acceptors (Lipinski definition) is 5. The first-order chi connectivity index (χ1) is 11.9. The molecule has 2 aromatic heterocycles. The second kappa shape index (κ2) is 7.00. The number of amides is 1. The van der Waals surface area contributed by atoms with Crippen LogP contribution in [0.4, 0.5) is 0 Å². The van der Waals surface area contributed by atoms with E-state index < -0.39 is 0 Å². The molecule has 1 aliphatic heterocycles. The zero-order valence-corrected chi connectivity index (χ0v) is 15.7. The molecule has 3 heterocycles. The van der Waals surface area contributed by atoms with E-state index >= 15 is 0 Å². The van der Waals surface area contributed by atoms with Gasteiger partial charge < -0.3 is 9.42 Å². The Labute approximate surface area is 148 Å². The van der Waals surface area contributed by atoms with Crippen molar-refractivity contribution >= 4 is 5.91 Å². The molecular formula is C18H27N5O2. The largest absolute Gasteiger partial charge is 0.361 e. The molecule has 0 N–H and O–H groups in total. The normalized spacial score (nSPS) is 17.1. The van der Waals surface area contributed by atoms with Gasteiger partial charge in [0.25, 0.3) is 0 Å². The van der Waals surface area contributed by atoms with E-state index in [1.165, 1.54) is 0 Å². The molecular weight excluding hydrogens is 318 g/mol. The number of rotatable bonds is 4. The van der Waals surface area contributed by atoms with Gasteiger partial charge in [0.1, 0.15) is 11.8 Å². The summed E-state index contributed by atoms with van der Waals surface area (Å²) in [5, 5.41) is 8.47. The molecule has 0 bridgehead atoms. The molecule has 2 aromatic rings. The molecule has 25 heavy (non-hydrogen) atoms. The van der Waals surface area contributed by atoms with Gasteiger partial charge in [-0.3, -0.25) is 14.4 Å². The monoisotopic (exact) mass is 345 g/mol. The van der Waals surface area contributed by atoms with Gasteiger partial charge in [-0.25, -0.2) is 0 Å². The minimum absolute atomic E-state index is 0.142. The fraction of sp³-hybridized carbons (Fsp3) is 0.611. The Morgan fingerprint density at radius 2 is 1.88 bits per heavy atom. The van der Waals surface area contributed by atoms with E-state index in [1.54, 1.807) is 0 Å². The van der Waals surface area contributed by atoms with Gasteiger partial charge in [0.05, 0.1) is 11.4 Å². The molecule has 1 saturated heterocycles. The first kappa shape index (κ1) is 17.7. The van der Waals surface area contributed by atoms with Gasteiger partial charge in [0.15, 0.2) is 0 Å². The van der Waals surface area contributed by atoms with Crippen molar-refractivity contribution in [3.63, 3.8) is 0 Å². The lowest BCUT2D eigenvalue weighted by Crippen LogP contribution is -2.50. The molecule has 0 aromatic carbocycles. The predicted octanol–water partition coefficient (Wildman–Crippen LogP) is 2.01. The van der Waals surface area contributed by atoms with Gasteiger partial charge in [-0.15, -0.1) is 0 Å². The number of carbonyl (C=O) groups is 1. The maximum Gasteiger partial charge on any atom is 0.247 e. The van der Waals surface area contributed by atoms with Crippen LogP contribution in [-0.2, 0) is 11.3 Å². The van der Waals surface area contributed by atoms with Crippen molar-refractivity contribution in [2.75, 3.05) is 26.2 Å². The molecule has 0 aliphatic carbocycles. The second-order valence-corrected chi connectivity index (χ2v) is 6.95. The van der Waals surface area contributed by atoms with Crippen LogP contribution in [0.2, 0.25) is 0 Å². The van der Waals surface area contributed by atoms with Crippen molar-refractivity contribution in [2.45, 2.75) is 47.2 Å². The summed E-state index contributed by atoms with van der Waals surface area (Å²) in [6, 6.07) is 1.74. The second-order valence-electron chi connectivity index (χ2n) is 6.95.